The van der Waals surface area contributed by atoms with Crippen LogP contribution in [-0.4, -0.2) is 62.2 Å². The van der Waals surface area contributed by atoms with Crippen LogP contribution in [0.15, 0.2) is 30.9 Å². The highest BCUT2D eigenvalue weighted by molar-refractivity contribution is 5.78. The smallest absolute Gasteiger partial charge is 0.228 e. The summed E-state index contributed by atoms with van der Waals surface area (Å²) in [4.78, 5) is 28.9. The van der Waals surface area contributed by atoms with E-state index in [1.165, 1.54) is 0 Å². The molecule has 3 rings (SSSR count). The standard InChI is InChI=1S/C19H26N6O/c1-14-6-5-7-25-16(11-20-19(14)25)10-18(26)24(9-8-23(3)4)12-17-15(2)21-13-22-17/h5-7,11,13H,8-10,12H2,1-4H3,(H,21,22). The Morgan fingerprint density at radius 3 is 2.73 bits per heavy atom. The van der Waals surface area contributed by atoms with Gasteiger partial charge in [0.25, 0.3) is 0 Å². The molecule has 0 spiro atoms. The van der Waals surface area contributed by atoms with Gasteiger partial charge in [-0.2, -0.15) is 0 Å². The van der Waals surface area contributed by atoms with Crippen molar-refractivity contribution in [2.24, 2.45) is 0 Å². The third-order valence-corrected chi connectivity index (χ3v) is 4.58. The van der Waals surface area contributed by atoms with E-state index in [4.69, 9.17) is 0 Å². The molecular formula is C19H26N6O. The van der Waals surface area contributed by atoms with Gasteiger partial charge in [-0.1, -0.05) is 6.07 Å². The third-order valence-electron chi connectivity index (χ3n) is 4.58. The van der Waals surface area contributed by atoms with Crippen LogP contribution in [0.1, 0.15) is 22.6 Å². The molecule has 0 aliphatic heterocycles. The van der Waals surface area contributed by atoms with Gasteiger partial charge in [0, 0.05) is 31.2 Å². The molecule has 138 valence electrons. The van der Waals surface area contributed by atoms with Gasteiger partial charge in [0.05, 0.1) is 30.7 Å². The van der Waals surface area contributed by atoms with Gasteiger partial charge < -0.3 is 19.2 Å². The van der Waals surface area contributed by atoms with Crippen molar-refractivity contribution in [3.05, 3.63) is 53.5 Å². The molecule has 0 bridgehead atoms. The average Bonchev–Trinajstić information content (AvgIpc) is 3.19. The monoisotopic (exact) mass is 354 g/mol. The summed E-state index contributed by atoms with van der Waals surface area (Å²) < 4.78 is 2.00. The van der Waals surface area contributed by atoms with Crippen molar-refractivity contribution in [1.82, 2.24) is 29.2 Å². The minimum absolute atomic E-state index is 0.0811. The molecule has 3 aromatic rings. The Kier molecular flexibility index (Phi) is 5.37. The predicted octanol–water partition coefficient (Wildman–Crippen LogP) is 1.81. The van der Waals surface area contributed by atoms with Crippen molar-refractivity contribution in [3.63, 3.8) is 0 Å². The lowest BCUT2D eigenvalue weighted by Crippen LogP contribution is -2.37. The summed E-state index contributed by atoms with van der Waals surface area (Å²) in [7, 11) is 4.02. The average molecular weight is 354 g/mol. The number of likely N-dealkylation sites (N-methyl/N-ethyl adjacent to an activating group) is 1. The Bertz CT molecular complexity index is 894. The number of aryl methyl sites for hydroxylation is 2. The highest BCUT2D eigenvalue weighted by atomic mass is 16.2. The molecule has 0 radical (unpaired) electrons. The predicted molar refractivity (Wildman–Crippen MR) is 101 cm³/mol. The van der Waals surface area contributed by atoms with Crippen LogP contribution in [0.5, 0.6) is 0 Å². The van der Waals surface area contributed by atoms with Gasteiger partial charge in [-0.3, -0.25) is 4.79 Å². The Hall–Kier alpha value is -2.67. The number of amides is 1. The summed E-state index contributed by atoms with van der Waals surface area (Å²) in [6, 6.07) is 4.01. The number of nitrogens with zero attached hydrogens (tertiary/aromatic N) is 5. The van der Waals surface area contributed by atoms with Crippen LogP contribution in [0, 0.1) is 13.8 Å². The fourth-order valence-corrected chi connectivity index (χ4v) is 2.94. The van der Waals surface area contributed by atoms with Gasteiger partial charge in [-0.25, -0.2) is 9.97 Å². The number of hydrogen-bond donors (Lipinski definition) is 1. The molecule has 0 saturated heterocycles. The summed E-state index contributed by atoms with van der Waals surface area (Å²) in [6.45, 7) is 5.98. The van der Waals surface area contributed by atoms with Crippen molar-refractivity contribution in [1.29, 1.82) is 0 Å². The lowest BCUT2D eigenvalue weighted by molar-refractivity contribution is -0.131. The molecule has 0 fully saturated rings. The molecular weight excluding hydrogens is 328 g/mol. The number of imidazole rings is 2. The number of carbonyl (C=O) groups is 1. The second-order valence-corrected chi connectivity index (χ2v) is 6.90. The van der Waals surface area contributed by atoms with E-state index in [1.54, 1.807) is 12.5 Å². The van der Waals surface area contributed by atoms with Crippen LogP contribution in [0.4, 0.5) is 0 Å². The molecule has 0 saturated carbocycles. The van der Waals surface area contributed by atoms with Crippen molar-refractivity contribution in [3.8, 4) is 0 Å². The summed E-state index contributed by atoms with van der Waals surface area (Å²) >= 11 is 0. The number of H-pyrrole nitrogens is 1. The summed E-state index contributed by atoms with van der Waals surface area (Å²) in [5.41, 5.74) is 4.81. The number of carbonyl (C=O) groups excluding carboxylic acids is 1. The van der Waals surface area contributed by atoms with Gasteiger partial charge in [0.2, 0.25) is 5.91 Å². The SMILES string of the molecule is Cc1[nH]cnc1CN(CCN(C)C)C(=O)Cc1cnc2c(C)cccn12. The van der Waals surface area contributed by atoms with E-state index < -0.39 is 0 Å². The number of pyridine rings is 1. The first-order valence-corrected chi connectivity index (χ1v) is 8.78. The zero-order chi connectivity index (χ0) is 18.7. The normalized spacial score (nSPS) is 11.4. The van der Waals surface area contributed by atoms with Crippen molar-refractivity contribution < 1.29 is 4.79 Å². The highest BCUT2D eigenvalue weighted by Gasteiger charge is 2.19. The number of hydrogen-bond acceptors (Lipinski definition) is 4. The number of rotatable bonds is 7. The minimum Gasteiger partial charge on any atom is -0.348 e. The van der Waals surface area contributed by atoms with Gasteiger partial charge >= 0.3 is 0 Å². The Labute approximate surface area is 153 Å². The van der Waals surface area contributed by atoms with Gasteiger partial charge in [-0.05, 0) is 39.6 Å². The lowest BCUT2D eigenvalue weighted by atomic mass is 10.2. The van der Waals surface area contributed by atoms with E-state index in [1.807, 2.05) is 55.6 Å². The molecule has 0 aliphatic rings. The Morgan fingerprint density at radius 1 is 1.23 bits per heavy atom. The minimum atomic E-state index is 0.0811. The second-order valence-electron chi connectivity index (χ2n) is 6.90. The molecule has 1 amide bonds. The molecule has 7 heteroatoms. The molecule has 1 N–H and O–H groups in total. The van der Waals surface area contributed by atoms with Crippen molar-refractivity contribution in [2.75, 3.05) is 27.2 Å². The maximum Gasteiger partial charge on any atom is 0.228 e. The van der Waals surface area contributed by atoms with E-state index in [0.29, 0.717) is 19.5 Å². The fraction of sp³-hybridized carbons (Fsp3) is 0.421. The summed E-state index contributed by atoms with van der Waals surface area (Å²) in [5, 5.41) is 0. The van der Waals surface area contributed by atoms with Crippen LogP contribution < -0.4 is 0 Å². The number of aromatic amines is 1. The van der Waals surface area contributed by atoms with Gasteiger partial charge in [0.1, 0.15) is 5.65 Å². The van der Waals surface area contributed by atoms with Crippen LogP contribution in [0.2, 0.25) is 0 Å². The van der Waals surface area contributed by atoms with Crippen LogP contribution in [0.25, 0.3) is 5.65 Å². The first kappa shape index (κ1) is 18.1. The quantitative estimate of drug-likeness (QED) is 0.702. The molecule has 7 nitrogen and oxygen atoms in total. The largest absolute Gasteiger partial charge is 0.348 e. The topological polar surface area (TPSA) is 69.5 Å². The maximum absolute atomic E-state index is 13.0. The third kappa shape index (κ3) is 3.94. The van der Waals surface area contributed by atoms with E-state index in [0.717, 1.165) is 34.8 Å². The van der Waals surface area contributed by atoms with E-state index in [9.17, 15) is 4.79 Å². The first-order chi connectivity index (χ1) is 12.5. The molecule has 0 unspecified atom stereocenters. The Balaban J connectivity index is 1.79. The number of aromatic nitrogens is 4. The van der Waals surface area contributed by atoms with E-state index in [2.05, 4.69) is 19.9 Å². The number of fused-ring (bicyclic) bond motifs is 1. The summed E-state index contributed by atoms with van der Waals surface area (Å²) in [5.74, 6) is 0.0811. The van der Waals surface area contributed by atoms with Crippen molar-refractivity contribution >= 4 is 11.6 Å². The van der Waals surface area contributed by atoms with Gasteiger partial charge in [0.15, 0.2) is 0 Å². The fourth-order valence-electron chi connectivity index (χ4n) is 2.94. The molecule has 3 heterocycles. The second kappa shape index (κ2) is 7.70. The Morgan fingerprint density at radius 2 is 2.04 bits per heavy atom. The molecule has 3 aromatic heterocycles. The molecule has 0 aromatic carbocycles. The maximum atomic E-state index is 13.0. The van der Waals surface area contributed by atoms with E-state index >= 15 is 0 Å². The number of nitrogens with one attached hydrogen (secondary N) is 1. The summed E-state index contributed by atoms with van der Waals surface area (Å²) in [6.07, 6.45) is 5.75. The zero-order valence-electron chi connectivity index (χ0n) is 15.9. The molecule has 0 atom stereocenters. The van der Waals surface area contributed by atoms with Crippen LogP contribution in [-0.2, 0) is 17.8 Å². The zero-order valence-corrected chi connectivity index (χ0v) is 15.9. The molecule has 26 heavy (non-hydrogen) atoms. The highest BCUT2D eigenvalue weighted by Crippen LogP contribution is 2.13. The lowest BCUT2D eigenvalue weighted by Gasteiger charge is -2.24. The van der Waals surface area contributed by atoms with Gasteiger partial charge in [-0.15, -0.1) is 0 Å². The van der Waals surface area contributed by atoms with Crippen molar-refractivity contribution in [2.45, 2.75) is 26.8 Å². The van der Waals surface area contributed by atoms with Crippen LogP contribution in [0.3, 0.4) is 0 Å². The molecule has 0 aliphatic carbocycles. The van der Waals surface area contributed by atoms with E-state index in [-0.39, 0.29) is 5.91 Å². The first-order valence-electron chi connectivity index (χ1n) is 8.78. The van der Waals surface area contributed by atoms with Crippen LogP contribution >= 0.6 is 0 Å².